The summed E-state index contributed by atoms with van der Waals surface area (Å²) in [5.41, 5.74) is 1.31. The van der Waals surface area contributed by atoms with Crippen LogP contribution in [0.25, 0.3) is 0 Å². The summed E-state index contributed by atoms with van der Waals surface area (Å²) in [4.78, 5) is 16.5. The molecule has 2 fully saturated rings. The summed E-state index contributed by atoms with van der Waals surface area (Å²) in [6.45, 7) is 1.28. The average Bonchev–Trinajstić information content (AvgIpc) is 3.31. The highest BCUT2D eigenvalue weighted by Crippen LogP contribution is 2.41. The maximum Gasteiger partial charge on any atom is 0.407 e. The molecule has 1 saturated heterocycles. The van der Waals surface area contributed by atoms with Crippen LogP contribution in [0.2, 0.25) is 0 Å². The molecule has 1 aliphatic carbocycles. The lowest BCUT2D eigenvalue weighted by atomic mass is 9.99. The molecule has 0 bridgehead atoms. The fraction of sp³-hybridized carbons (Fsp3) is 0.600. The Bertz CT molecular complexity index is 453. The van der Waals surface area contributed by atoms with Crippen LogP contribution < -0.4 is 5.32 Å². The Morgan fingerprint density at radius 3 is 2.45 bits per heavy atom. The number of carbonyl (C=O) groups is 1. The number of hydrogen-bond acceptors (Lipinski definition) is 3. The number of pyridine rings is 1. The Morgan fingerprint density at radius 1 is 1.25 bits per heavy atom. The molecule has 1 atom stereocenters. The molecule has 0 spiro atoms. The number of amides is 1. The van der Waals surface area contributed by atoms with Crippen LogP contribution >= 0.6 is 0 Å². The molecule has 3 rings (SSSR count). The predicted molar refractivity (Wildman–Crippen MR) is 75.5 cm³/mol. The summed E-state index contributed by atoms with van der Waals surface area (Å²) in [5.74, 6) is 0.731. The Kier molecular flexibility index (Phi) is 3.87. The number of nitrogens with one attached hydrogen (secondary N) is 1. The molecule has 0 radical (unpaired) electrons. The minimum atomic E-state index is -0.795. The second kappa shape index (κ2) is 5.79. The third kappa shape index (κ3) is 3.10. The lowest BCUT2D eigenvalue weighted by Gasteiger charge is -2.33. The van der Waals surface area contributed by atoms with Crippen LogP contribution in [0.15, 0.2) is 24.5 Å². The number of rotatable bonds is 4. The minimum Gasteiger partial charge on any atom is -0.465 e. The van der Waals surface area contributed by atoms with Crippen molar-refractivity contribution in [1.82, 2.24) is 15.2 Å². The zero-order valence-corrected chi connectivity index (χ0v) is 11.5. The van der Waals surface area contributed by atoms with Crippen LogP contribution in [0.5, 0.6) is 0 Å². The molecule has 1 saturated carbocycles. The van der Waals surface area contributed by atoms with Gasteiger partial charge in [-0.25, -0.2) is 4.79 Å². The maximum absolute atomic E-state index is 10.9. The summed E-state index contributed by atoms with van der Waals surface area (Å²) in [6, 6.07) is 4.99. The third-order valence-electron chi connectivity index (χ3n) is 4.34. The van der Waals surface area contributed by atoms with Crippen molar-refractivity contribution in [2.24, 2.45) is 5.92 Å². The first-order chi connectivity index (χ1) is 9.74. The monoisotopic (exact) mass is 275 g/mol. The van der Waals surface area contributed by atoms with E-state index in [0.29, 0.717) is 25.2 Å². The molecular weight excluding hydrogens is 254 g/mol. The van der Waals surface area contributed by atoms with Crippen molar-refractivity contribution >= 4 is 6.09 Å². The number of piperidine rings is 1. The molecule has 20 heavy (non-hydrogen) atoms. The number of carboxylic acid groups (broad SMARTS) is 1. The number of likely N-dealkylation sites (tertiary alicyclic amines) is 1. The normalized spacial score (nSPS) is 21.7. The summed E-state index contributed by atoms with van der Waals surface area (Å²) in [6.07, 6.45) is 7.28. The van der Waals surface area contributed by atoms with Gasteiger partial charge in [0.1, 0.15) is 0 Å². The fourth-order valence-electron chi connectivity index (χ4n) is 3.00. The average molecular weight is 275 g/mol. The number of hydrogen-bond donors (Lipinski definition) is 2. The molecule has 1 amide bonds. The zero-order chi connectivity index (χ0) is 13.9. The van der Waals surface area contributed by atoms with Gasteiger partial charge in [-0.3, -0.25) is 4.98 Å². The summed E-state index contributed by atoms with van der Waals surface area (Å²) >= 11 is 0. The van der Waals surface area contributed by atoms with Gasteiger partial charge in [0.25, 0.3) is 0 Å². The van der Waals surface area contributed by atoms with Gasteiger partial charge in [-0.1, -0.05) is 0 Å². The summed E-state index contributed by atoms with van der Waals surface area (Å²) < 4.78 is 0. The van der Waals surface area contributed by atoms with E-state index in [0.717, 1.165) is 18.8 Å². The van der Waals surface area contributed by atoms with E-state index in [4.69, 9.17) is 5.11 Å². The van der Waals surface area contributed by atoms with Crippen LogP contribution in [0, 0.1) is 5.92 Å². The maximum atomic E-state index is 10.9. The van der Waals surface area contributed by atoms with Crippen molar-refractivity contribution in [1.29, 1.82) is 0 Å². The van der Waals surface area contributed by atoms with Gasteiger partial charge in [-0.05, 0) is 49.3 Å². The SMILES string of the molecule is O=C(O)N1CCC(NC(c2ccncc2)C2CC2)CC1. The van der Waals surface area contributed by atoms with Crippen LogP contribution in [-0.4, -0.2) is 40.2 Å². The van der Waals surface area contributed by atoms with Crippen molar-refractivity contribution in [3.63, 3.8) is 0 Å². The van der Waals surface area contributed by atoms with E-state index in [-0.39, 0.29) is 0 Å². The van der Waals surface area contributed by atoms with Crippen molar-refractivity contribution in [3.05, 3.63) is 30.1 Å². The molecule has 0 aromatic carbocycles. The second-order valence-corrected chi connectivity index (χ2v) is 5.81. The molecular formula is C15H21N3O2. The van der Waals surface area contributed by atoms with Crippen LogP contribution in [0.4, 0.5) is 4.79 Å². The molecule has 2 heterocycles. The van der Waals surface area contributed by atoms with Gasteiger partial charge >= 0.3 is 6.09 Å². The van der Waals surface area contributed by atoms with E-state index in [1.165, 1.54) is 23.3 Å². The Morgan fingerprint density at radius 2 is 1.90 bits per heavy atom. The molecule has 1 aliphatic heterocycles. The van der Waals surface area contributed by atoms with Gasteiger partial charge in [0.15, 0.2) is 0 Å². The topological polar surface area (TPSA) is 65.5 Å². The van der Waals surface area contributed by atoms with E-state index in [2.05, 4.69) is 22.4 Å². The zero-order valence-electron chi connectivity index (χ0n) is 11.5. The standard InChI is InChI=1S/C15H21N3O2/c19-15(20)18-9-5-13(6-10-18)17-14(11-1-2-11)12-3-7-16-8-4-12/h3-4,7-8,11,13-14,17H,1-2,5-6,9-10H2,(H,19,20). The first-order valence-electron chi connectivity index (χ1n) is 7.38. The molecule has 5 heteroatoms. The second-order valence-electron chi connectivity index (χ2n) is 5.81. The number of nitrogens with zero attached hydrogens (tertiary/aromatic N) is 2. The summed E-state index contributed by atoms with van der Waals surface area (Å²) in [5, 5.41) is 12.7. The first kappa shape index (κ1) is 13.4. The Hall–Kier alpha value is -1.62. The molecule has 1 aromatic heterocycles. The molecule has 1 aromatic rings. The third-order valence-corrected chi connectivity index (χ3v) is 4.34. The molecule has 2 aliphatic rings. The molecule has 108 valence electrons. The molecule has 2 N–H and O–H groups in total. The van der Waals surface area contributed by atoms with Crippen molar-refractivity contribution in [2.75, 3.05) is 13.1 Å². The smallest absolute Gasteiger partial charge is 0.407 e. The first-order valence-corrected chi connectivity index (χ1v) is 7.38. The van der Waals surface area contributed by atoms with Crippen LogP contribution in [-0.2, 0) is 0 Å². The quantitative estimate of drug-likeness (QED) is 0.884. The minimum absolute atomic E-state index is 0.402. The van der Waals surface area contributed by atoms with Gasteiger partial charge in [0.05, 0.1) is 0 Å². The highest BCUT2D eigenvalue weighted by atomic mass is 16.4. The highest BCUT2D eigenvalue weighted by molar-refractivity contribution is 5.65. The Labute approximate surface area is 119 Å². The van der Waals surface area contributed by atoms with Gasteiger partial charge in [0.2, 0.25) is 0 Å². The van der Waals surface area contributed by atoms with Gasteiger partial charge in [-0.2, -0.15) is 0 Å². The largest absolute Gasteiger partial charge is 0.465 e. The van der Waals surface area contributed by atoms with E-state index in [1.54, 1.807) is 0 Å². The van der Waals surface area contributed by atoms with Crippen molar-refractivity contribution in [2.45, 2.75) is 37.8 Å². The predicted octanol–water partition coefficient (Wildman–Crippen LogP) is 2.26. The molecule has 1 unspecified atom stereocenters. The van der Waals surface area contributed by atoms with E-state index >= 15 is 0 Å². The fourth-order valence-corrected chi connectivity index (χ4v) is 3.00. The van der Waals surface area contributed by atoms with E-state index in [9.17, 15) is 4.79 Å². The van der Waals surface area contributed by atoms with Crippen molar-refractivity contribution in [3.8, 4) is 0 Å². The van der Waals surface area contributed by atoms with Crippen molar-refractivity contribution < 1.29 is 9.90 Å². The van der Waals surface area contributed by atoms with Gasteiger partial charge in [0, 0.05) is 37.6 Å². The van der Waals surface area contributed by atoms with Crippen LogP contribution in [0.3, 0.4) is 0 Å². The van der Waals surface area contributed by atoms with E-state index < -0.39 is 6.09 Å². The van der Waals surface area contributed by atoms with Gasteiger partial charge in [-0.15, -0.1) is 0 Å². The lowest BCUT2D eigenvalue weighted by Crippen LogP contribution is -2.45. The summed E-state index contributed by atoms with van der Waals surface area (Å²) in [7, 11) is 0. The number of aromatic nitrogens is 1. The van der Waals surface area contributed by atoms with Crippen LogP contribution in [0.1, 0.15) is 37.3 Å². The highest BCUT2D eigenvalue weighted by Gasteiger charge is 2.34. The Balaban J connectivity index is 1.60. The van der Waals surface area contributed by atoms with Gasteiger partial charge < -0.3 is 15.3 Å². The molecule has 5 nitrogen and oxygen atoms in total. The van der Waals surface area contributed by atoms with E-state index in [1.807, 2.05) is 12.4 Å². The lowest BCUT2D eigenvalue weighted by molar-refractivity contribution is 0.127.